The highest BCUT2D eigenvalue weighted by Gasteiger charge is 2.32. The smallest absolute Gasteiger partial charge is 0.410 e. The van der Waals surface area contributed by atoms with Gasteiger partial charge in [0.25, 0.3) is 0 Å². The molecule has 2 aromatic rings. The second-order valence-electron chi connectivity index (χ2n) is 9.46. The number of carbonyl (C=O) groups excluding carboxylic acids is 3. The molecule has 0 aliphatic carbocycles. The minimum absolute atomic E-state index is 0.0962. The van der Waals surface area contributed by atoms with Crippen molar-refractivity contribution in [2.45, 2.75) is 52.3 Å². The largest absolute Gasteiger partial charge is 0.444 e. The van der Waals surface area contributed by atoms with Crippen molar-refractivity contribution in [1.29, 1.82) is 0 Å². The number of amides is 4. The van der Waals surface area contributed by atoms with Gasteiger partial charge in [-0.3, -0.25) is 19.9 Å². The third-order valence-electron chi connectivity index (χ3n) is 5.66. The lowest BCUT2D eigenvalue weighted by Crippen LogP contribution is -2.54. The molecule has 0 spiro atoms. The van der Waals surface area contributed by atoms with Crippen molar-refractivity contribution in [3.05, 3.63) is 23.5 Å². The first-order valence-electron chi connectivity index (χ1n) is 10.9. The zero-order valence-electron chi connectivity index (χ0n) is 19.2. The van der Waals surface area contributed by atoms with Crippen molar-refractivity contribution in [1.82, 2.24) is 20.3 Å². The van der Waals surface area contributed by atoms with E-state index in [-0.39, 0.29) is 42.4 Å². The first-order valence-corrected chi connectivity index (χ1v) is 10.9. The maximum Gasteiger partial charge on any atom is 0.410 e. The number of rotatable bonds is 3. The predicted octanol–water partition coefficient (Wildman–Crippen LogP) is 2.85. The van der Waals surface area contributed by atoms with E-state index in [1.165, 1.54) is 11.0 Å². The fourth-order valence-electron chi connectivity index (χ4n) is 4.08. The SMILES string of the molecule is C[C@H]1CN(Cc2cc3c(N4CCC(=O)NC4=O)noc3cc2F)CCN1C(=O)OC(C)(C)C. The minimum atomic E-state index is -0.584. The summed E-state index contributed by atoms with van der Waals surface area (Å²) < 4.78 is 25.5. The number of urea groups is 1. The summed E-state index contributed by atoms with van der Waals surface area (Å²) in [6.07, 6.45) is -0.205. The topological polar surface area (TPSA) is 108 Å². The molecule has 2 aliphatic rings. The van der Waals surface area contributed by atoms with E-state index in [4.69, 9.17) is 9.26 Å². The summed E-state index contributed by atoms with van der Waals surface area (Å²) in [4.78, 5) is 41.2. The van der Waals surface area contributed by atoms with Crippen molar-refractivity contribution in [3.8, 4) is 0 Å². The molecule has 4 rings (SSSR count). The average molecular weight is 461 g/mol. The number of hydrogen-bond donors (Lipinski definition) is 1. The molecule has 2 saturated heterocycles. The van der Waals surface area contributed by atoms with Gasteiger partial charge in [0.05, 0.1) is 5.39 Å². The lowest BCUT2D eigenvalue weighted by Gasteiger charge is -2.40. The van der Waals surface area contributed by atoms with Gasteiger partial charge in [0.15, 0.2) is 11.4 Å². The van der Waals surface area contributed by atoms with E-state index in [1.807, 2.05) is 27.7 Å². The molecule has 1 aromatic carbocycles. The molecular formula is C22H28FN5O5. The van der Waals surface area contributed by atoms with Gasteiger partial charge < -0.3 is 14.2 Å². The second-order valence-corrected chi connectivity index (χ2v) is 9.46. The van der Waals surface area contributed by atoms with Gasteiger partial charge in [-0.1, -0.05) is 5.16 Å². The molecule has 1 aromatic heterocycles. The van der Waals surface area contributed by atoms with Crippen LogP contribution in [0.4, 0.5) is 19.8 Å². The zero-order valence-corrected chi connectivity index (χ0v) is 19.2. The van der Waals surface area contributed by atoms with E-state index in [2.05, 4.69) is 15.4 Å². The molecule has 0 unspecified atom stereocenters. The molecule has 1 N–H and O–H groups in total. The summed E-state index contributed by atoms with van der Waals surface area (Å²) in [6.45, 7) is 9.51. The Balaban J connectivity index is 1.49. The van der Waals surface area contributed by atoms with Crippen LogP contribution in [0.5, 0.6) is 0 Å². The number of nitrogens with zero attached hydrogens (tertiary/aromatic N) is 4. The minimum Gasteiger partial charge on any atom is -0.444 e. The maximum atomic E-state index is 14.8. The standard InChI is InChI=1S/C22H28FN5O5/c1-13-11-26(7-8-27(13)21(31)32-22(2,3)4)12-14-9-15-17(10-16(14)23)33-25-19(15)28-6-5-18(29)24-20(28)30/h9-10,13H,5-8,11-12H2,1-4H3,(H,24,29,30)/t13-/m0/s1. The van der Waals surface area contributed by atoms with Crippen LogP contribution in [0.15, 0.2) is 16.7 Å². The molecule has 0 bridgehead atoms. The molecule has 11 heteroatoms. The highest BCUT2D eigenvalue weighted by Crippen LogP contribution is 2.30. The number of piperazine rings is 1. The molecular weight excluding hydrogens is 433 g/mol. The molecule has 4 amide bonds. The van der Waals surface area contributed by atoms with Crippen LogP contribution in [0, 0.1) is 5.82 Å². The van der Waals surface area contributed by atoms with Crippen LogP contribution in [-0.2, 0) is 16.1 Å². The molecule has 178 valence electrons. The summed E-state index contributed by atoms with van der Waals surface area (Å²) >= 11 is 0. The molecule has 10 nitrogen and oxygen atoms in total. The maximum absolute atomic E-state index is 14.8. The third-order valence-corrected chi connectivity index (χ3v) is 5.66. The summed E-state index contributed by atoms with van der Waals surface area (Å²) in [5.74, 6) is -0.541. The zero-order chi connectivity index (χ0) is 23.9. The Morgan fingerprint density at radius 1 is 1.27 bits per heavy atom. The van der Waals surface area contributed by atoms with Crippen LogP contribution >= 0.6 is 0 Å². The lowest BCUT2D eigenvalue weighted by atomic mass is 10.1. The Bertz CT molecular complexity index is 1090. The summed E-state index contributed by atoms with van der Waals surface area (Å²) in [7, 11) is 0. The molecule has 0 saturated carbocycles. The molecule has 33 heavy (non-hydrogen) atoms. The van der Waals surface area contributed by atoms with E-state index in [0.717, 1.165) is 0 Å². The fraction of sp³-hybridized carbons (Fsp3) is 0.545. The monoisotopic (exact) mass is 461 g/mol. The number of benzene rings is 1. The van der Waals surface area contributed by atoms with Crippen LogP contribution in [0.25, 0.3) is 11.0 Å². The fourth-order valence-corrected chi connectivity index (χ4v) is 4.08. The molecule has 2 aliphatic heterocycles. The number of fused-ring (bicyclic) bond motifs is 1. The van der Waals surface area contributed by atoms with Crippen LogP contribution in [0.2, 0.25) is 0 Å². The van der Waals surface area contributed by atoms with Gasteiger partial charge in [-0.05, 0) is 33.8 Å². The van der Waals surface area contributed by atoms with Crippen LogP contribution in [0.1, 0.15) is 39.7 Å². The van der Waals surface area contributed by atoms with E-state index in [0.29, 0.717) is 37.1 Å². The van der Waals surface area contributed by atoms with Crippen molar-refractivity contribution in [2.24, 2.45) is 0 Å². The van der Waals surface area contributed by atoms with Crippen molar-refractivity contribution >= 4 is 34.8 Å². The first-order chi connectivity index (χ1) is 15.5. The van der Waals surface area contributed by atoms with Gasteiger partial charge in [-0.15, -0.1) is 0 Å². The number of hydrogen-bond acceptors (Lipinski definition) is 7. The van der Waals surface area contributed by atoms with Gasteiger partial charge in [0.2, 0.25) is 5.91 Å². The number of imide groups is 1. The summed E-state index contributed by atoms with van der Waals surface area (Å²) in [5, 5.41) is 6.68. The Hall–Kier alpha value is -3.21. The molecule has 3 heterocycles. The number of halogens is 1. The van der Waals surface area contributed by atoms with Gasteiger partial charge in [0.1, 0.15) is 11.4 Å². The average Bonchev–Trinajstić information content (AvgIpc) is 3.09. The van der Waals surface area contributed by atoms with E-state index in [9.17, 15) is 18.8 Å². The Labute approximate surface area is 190 Å². The van der Waals surface area contributed by atoms with Crippen molar-refractivity contribution in [3.63, 3.8) is 0 Å². The van der Waals surface area contributed by atoms with Gasteiger partial charge in [-0.2, -0.15) is 0 Å². The number of carbonyl (C=O) groups is 3. The Morgan fingerprint density at radius 3 is 2.70 bits per heavy atom. The quantitative estimate of drug-likeness (QED) is 0.749. The van der Waals surface area contributed by atoms with Gasteiger partial charge >= 0.3 is 12.1 Å². The predicted molar refractivity (Wildman–Crippen MR) is 117 cm³/mol. The number of aromatic nitrogens is 1. The van der Waals surface area contributed by atoms with Gasteiger partial charge in [0, 0.05) is 56.8 Å². The highest BCUT2D eigenvalue weighted by molar-refractivity contribution is 6.08. The number of anilines is 1. The third kappa shape index (κ3) is 4.92. The first kappa shape index (κ1) is 23.0. The van der Waals surface area contributed by atoms with E-state index in [1.54, 1.807) is 11.0 Å². The Morgan fingerprint density at radius 2 is 2.03 bits per heavy atom. The van der Waals surface area contributed by atoms with Crippen LogP contribution in [0.3, 0.4) is 0 Å². The summed E-state index contributed by atoms with van der Waals surface area (Å²) in [6, 6.07) is 2.21. The second kappa shape index (κ2) is 8.62. The molecule has 1 atom stereocenters. The summed E-state index contributed by atoms with van der Waals surface area (Å²) in [5.41, 5.74) is 0.0823. The Kier molecular flexibility index (Phi) is 6.00. The van der Waals surface area contributed by atoms with E-state index >= 15 is 0 Å². The van der Waals surface area contributed by atoms with Crippen molar-refractivity contribution in [2.75, 3.05) is 31.1 Å². The normalized spacial score (nSPS) is 20.3. The molecule has 2 fully saturated rings. The van der Waals surface area contributed by atoms with Gasteiger partial charge in [-0.25, -0.2) is 14.0 Å². The molecule has 0 radical (unpaired) electrons. The number of ether oxygens (including phenoxy) is 1. The lowest BCUT2D eigenvalue weighted by molar-refractivity contribution is -0.120. The highest BCUT2D eigenvalue weighted by atomic mass is 19.1. The van der Waals surface area contributed by atoms with E-state index < -0.39 is 17.4 Å². The van der Waals surface area contributed by atoms with Crippen LogP contribution in [-0.4, -0.2) is 70.8 Å². The number of nitrogens with one attached hydrogen (secondary N) is 1. The van der Waals surface area contributed by atoms with Crippen LogP contribution < -0.4 is 10.2 Å². The van der Waals surface area contributed by atoms with Crippen molar-refractivity contribution < 1.29 is 28.0 Å².